The van der Waals surface area contributed by atoms with Crippen molar-refractivity contribution in [2.45, 2.75) is 58.3 Å². The molecule has 1 heteroatoms. The molecule has 2 aliphatic rings. The molecule has 1 saturated heterocycles. The molecular formula is C16H27N. The smallest absolute Gasteiger partial charge is 0.0601 e. The first-order chi connectivity index (χ1) is 8.38. The molecule has 96 valence electrons. The van der Waals surface area contributed by atoms with E-state index in [0.717, 1.165) is 18.4 Å². The average molecular weight is 233 g/mol. The van der Waals surface area contributed by atoms with Gasteiger partial charge in [0.25, 0.3) is 0 Å². The summed E-state index contributed by atoms with van der Waals surface area (Å²) in [6.07, 6.45) is 11.9. The van der Waals surface area contributed by atoms with Gasteiger partial charge in [0, 0.05) is 0 Å². The van der Waals surface area contributed by atoms with E-state index in [0.29, 0.717) is 0 Å². The second-order valence-electron chi connectivity index (χ2n) is 5.89. The highest BCUT2D eigenvalue weighted by atomic mass is 15.1. The van der Waals surface area contributed by atoms with E-state index in [9.17, 15) is 0 Å². The first kappa shape index (κ1) is 13.0. The maximum absolute atomic E-state index is 3.19. The molecule has 2 rings (SSSR count). The third kappa shape index (κ3) is 4.36. The summed E-state index contributed by atoms with van der Waals surface area (Å²) >= 11 is 0. The molecule has 1 nitrogen and oxygen atoms in total. The third-order valence-corrected chi connectivity index (χ3v) is 4.58. The van der Waals surface area contributed by atoms with Crippen molar-refractivity contribution in [1.82, 2.24) is 4.90 Å². The molecule has 0 N–H and O–H groups in total. The minimum absolute atomic E-state index is 0.993. The van der Waals surface area contributed by atoms with Gasteiger partial charge in [-0.1, -0.05) is 38.0 Å². The van der Waals surface area contributed by atoms with Crippen LogP contribution in [0.3, 0.4) is 0 Å². The molecule has 0 radical (unpaired) electrons. The molecule has 0 bridgehead atoms. The summed E-state index contributed by atoms with van der Waals surface area (Å²) < 4.78 is 0. The maximum Gasteiger partial charge on any atom is 0.0601 e. The van der Waals surface area contributed by atoms with E-state index >= 15 is 0 Å². The van der Waals surface area contributed by atoms with Crippen LogP contribution in [-0.2, 0) is 0 Å². The van der Waals surface area contributed by atoms with Crippen LogP contribution in [0.25, 0.3) is 0 Å². The van der Waals surface area contributed by atoms with Crippen molar-refractivity contribution in [2.75, 3.05) is 19.6 Å². The number of likely N-dealkylation sites (tertiary alicyclic amines) is 1. The monoisotopic (exact) mass is 233 g/mol. The second kappa shape index (κ2) is 7.07. The summed E-state index contributed by atoms with van der Waals surface area (Å²) in [5.41, 5.74) is 0. The SMILES string of the molecule is CC#CCN1CCC(CC2CCCCC2)CC1. The van der Waals surface area contributed by atoms with Crippen molar-refractivity contribution in [3.63, 3.8) is 0 Å². The Hall–Kier alpha value is -0.480. The largest absolute Gasteiger partial charge is 0.292 e. The van der Waals surface area contributed by atoms with Crippen LogP contribution in [0.15, 0.2) is 0 Å². The van der Waals surface area contributed by atoms with Crippen molar-refractivity contribution in [2.24, 2.45) is 11.8 Å². The van der Waals surface area contributed by atoms with Gasteiger partial charge >= 0.3 is 0 Å². The van der Waals surface area contributed by atoms with Crippen LogP contribution in [0.4, 0.5) is 0 Å². The normalized spacial score (nSPS) is 24.3. The van der Waals surface area contributed by atoms with Gasteiger partial charge < -0.3 is 0 Å². The zero-order valence-electron chi connectivity index (χ0n) is 11.4. The van der Waals surface area contributed by atoms with Gasteiger partial charge in [-0.3, -0.25) is 4.90 Å². The molecule has 0 spiro atoms. The topological polar surface area (TPSA) is 3.24 Å². The van der Waals surface area contributed by atoms with Gasteiger partial charge in [0.2, 0.25) is 0 Å². The molecule has 0 atom stereocenters. The molecule has 2 fully saturated rings. The van der Waals surface area contributed by atoms with Crippen LogP contribution in [0.2, 0.25) is 0 Å². The lowest BCUT2D eigenvalue weighted by molar-refractivity contribution is 0.171. The number of hydrogen-bond acceptors (Lipinski definition) is 1. The Bertz CT molecular complexity index is 259. The molecule has 0 unspecified atom stereocenters. The Morgan fingerprint density at radius 1 is 0.941 bits per heavy atom. The van der Waals surface area contributed by atoms with Gasteiger partial charge in [0.05, 0.1) is 6.54 Å². The lowest BCUT2D eigenvalue weighted by Crippen LogP contribution is -2.34. The Balaban J connectivity index is 1.65. The molecule has 1 saturated carbocycles. The van der Waals surface area contributed by atoms with E-state index in [1.807, 2.05) is 6.92 Å². The van der Waals surface area contributed by atoms with E-state index in [1.165, 1.54) is 64.5 Å². The van der Waals surface area contributed by atoms with Crippen molar-refractivity contribution in [3.05, 3.63) is 0 Å². The maximum atomic E-state index is 3.19. The number of piperidine rings is 1. The molecule has 17 heavy (non-hydrogen) atoms. The van der Waals surface area contributed by atoms with Crippen molar-refractivity contribution >= 4 is 0 Å². The summed E-state index contributed by atoms with van der Waals surface area (Å²) in [6, 6.07) is 0. The number of rotatable bonds is 3. The Kier molecular flexibility index (Phi) is 5.39. The van der Waals surface area contributed by atoms with Crippen LogP contribution < -0.4 is 0 Å². The van der Waals surface area contributed by atoms with Crippen LogP contribution >= 0.6 is 0 Å². The van der Waals surface area contributed by atoms with Crippen LogP contribution in [-0.4, -0.2) is 24.5 Å². The van der Waals surface area contributed by atoms with E-state index in [-0.39, 0.29) is 0 Å². The fraction of sp³-hybridized carbons (Fsp3) is 0.875. The summed E-state index contributed by atoms with van der Waals surface area (Å²) in [6.45, 7) is 5.50. The van der Waals surface area contributed by atoms with Gasteiger partial charge in [-0.2, -0.15) is 0 Å². The summed E-state index contributed by atoms with van der Waals surface area (Å²) in [5, 5.41) is 0. The third-order valence-electron chi connectivity index (χ3n) is 4.58. The zero-order valence-corrected chi connectivity index (χ0v) is 11.4. The van der Waals surface area contributed by atoms with Crippen molar-refractivity contribution < 1.29 is 0 Å². The Labute approximate surface area is 107 Å². The van der Waals surface area contributed by atoms with Crippen molar-refractivity contribution in [1.29, 1.82) is 0 Å². The molecule has 1 heterocycles. The molecule has 0 aromatic heterocycles. The first-order valence-electron chi connectivity index (χ1n) is 7.50. The lowest BCUT2D eigenvalue weighted by Gasteiger charge is -2.33. The molecule has 0 aromatic rings. The molecule has 0 amide bonds. The zero-order chi connectivity index (χ0) is 11.9. The van der Waals surface area contributed by atoms with E-state index < -0.39 is 0 Å². The Morgan fingerprint density at radius 2 is 1.59 bits per heavy atom. The quantitative estimate of drug-likeness (QED) is 0.672. The van der Waals surface area contributed by atoms with E-state index in [2.05, 4.69) is 16.7 Å². The van der Waals surface area contributed by atoms with Gasteiger partial charge in [0.15, 0.2) is 0 Å². The minimum atomic E-state index is 0.993. The molecule has 1 aliphatic carbocycles. The average Bonchev–Trinajstić information content (AvgIpc) is 2.39. The van der Waals surface area contributed by atoms with Gasteiger partial charge in [-0.25, -0.2) is 0 Å². The molecule has 0 aromatic carbocycles. The van der Waals surface area contributed by atoms with Gasteiger partial charge in [0.1, 0.15) is 0 Å². The second-order valence-corrected chi connectivity index (χ2v) is 5.89. The summed E-state index contributed by atoms with van der Waals surface area (Å²) in [4.78, 5) is 2.52. The Morgan fingerprint density at radius 3 is 2.24 bits per heavy atom. The molecular weight excluding hydrogens is 206 g/mol. The summed E-state index contributed by atoms with van der Waals surface area (Å²) in [5.74, 6) is 8.27. The predicted octanol–water partition coefficient (Wildman–Crippen LogP) is 3.69. The lowest BCUT2D eigenvalue weighted by atomic mass is 9.80. The highest BCUT2D eigenvalue weighted by molar-refractivity contribution is 4.98. The van der Waals surface area contributed by atoms with E-state index in [1.54, 1.807) is 0 Å². The van der Waals surface area contributed by atoms with Crippen LogP contribution in [0, 0.1) is 23.7 Å². The highest BCUT2D eigenvalue weighted by Crippen LogP contribution is 2.32. The van der Waals surface area contributed by atoms with Crippen molar-refractivity contribution in [3.8, 4) is 11.8 Å². The van der Waals surface area contributed by atoms with Crippen LogP contribution in [0.1, 0.15) is 58.3 Å². The first-order valence-corrected chi connectivity index (χ1v) is 7.50. The highest BCUT2D eigenvalue weighted by Gasteiger charge is 2.22. The molecule has 1 aliphatic heterocycles. The van der Waals surface area contributed by atoms with Gasteiger partial charge in [-0.15, -0.1) is 5.92 Å². The predicted molar refractivity (Wildman–Crippen MR) is 73.8 cm³/mol. The number of hydrogen-bond donors (Lipinski definition) is 0. The van der Waals surface area contributed by atoms with Gasteiger partial charge in [-0.05, 0) is 51.1 Å². The fourth-order valence-corrected chi connectivity index (χ4v) is 3.47. The van der Waals surface area contributed by atoms with E-state index in [4.69, 9.17) is 0 Å². The minimum Gasteiger partial charge on any atom is -0.292 e. The number of nitrogens with zero attached hydrogens (tertiary/aromatic N) is 1. The fourth-order valence-electron chi connectivity index (χ4n) is 3.47. The van der Waals surface area contributed by atoms with Crippen LogP contribution in [0.5, 0.6) is 0 Å². The summed E-state index contributed by atoms with van der Waals surface area (Å²) in [7, 11) is 0. The standard InChI is InChI=1S/C16H27N/c1-2-3-11-17-12-9-16(10-13-17)14-15-7-5-4-6-8-15/h15-16H,4-14H2,1H3.